The minimum atomic E-state index is -4.61. The molecule has 0 spiro atoms. The number of aliphatic hydroxyl groups is 1. The summed E-state index contributed by atoms with van der Waals surface area (Å²) < 4.78 is 45.9. The molecule has 0 amide bonds. The van der Waals surface area contributed by atoms with Crippen LogP contribution < -0.4 is 0 Å². The number of ether oxygens (including phenoxy) is 1. The minimum absolute atomic E-state index is 0.0984. The van der Waals surface area contributed by atoms with Crippen molar-refractivity contribution in [2.45, 2.75) is 130 Å². The fourth-order valence-electron chi connectivity index (χ4n) is 9.18. The Morgan fingerprint density at radius 2 is 1.76 bits per heavy atom. The number of alkyl halides is 3. The van der Waals surface area contributed by atoms with Gasteiger partial charge in [0, 0.05) is 6.42 Å². The number of hydrogen-bond donors (Lipinski definition) is 1. The van der Waals surface area contributed by atoms with Gasteiger partial charge in [-0.25, -0.2) is 0 Å². The SMILES string of the molecule is CC(=O)CCC(=O)O[C@H](CC[C@@H](C)[C@H]1CC[C@H]2[C@@H]3CC=C4C[C@@](C)(O)CC[C@]4(C)[C@H]3CC[C@]12C)C(F)(F)F. The number of esters is 1. The number of fused-ring (bicyclic) bond motifs is 5. The van der Waals surface area contributed by atoms with E-state index in [9.17, 15) is 27.9 Å². The lowest BCUT2D eigenvalue weighted by Gasteiger charge is -2.59. The number of carbonyl (C=O) groups is 2. The summed E-state index contributed by atoms with van der Waals surface area (Å²) in [6.07, 6.45) is 3.54. The lowest BCUT2D eigenvalue weighted by molar-refractivity contribution is -0.223. The summed E-state index contributed by atoms with van der Waals surface area (Å²) in [5.41, 5.74) is 1.11. The average molecular weight is 541 g/mol. The van der Waals surface area contributed by atoms with Crippen molar-refractivity contribution < 1.29 is 32.6 Å². The highest BCUT2D eigenvalue weighted by Crippen LogP contribution is 2.67. The van der Waals surface area contributed by atoms with Crippen LogP contribution in [0.3, 0.4) is 0 Å². The van der Waals surface area contributed by atoms with E-state index in [1.54, 1.807) is 0 Å². The van der Waals surface area contributed by atoms with E-state index < -0.39 is 23.9 Å². The van der Waals surface area contributed by atoms with Crippen LogP contribution in [0.25, 0.3) is 0 Å². The second-order valence-electron chi connectivity index (χ2n) is 13.9. The number of ketones is 1. The molecule has 0 radical (unpaired) electrons. The van der Waals surface area contributed by atoms with Crippen molar-refractivity contribution in [2.75, 3.05) is 0 Å². The lowest BCUT2D eigenvalue weighted by atomic mass is 9.46. The first-order valence-electron chi connectivity index (χ1n) is 14.7. The first kappa shape index (κ1) is 29.6. The number of allylic oxidation sites excluding steroid dienone is 1. The van der Waals surface area contributed by atoms with Gasteiger partial charge in [0.25, 0.3) is 0 Å². The van der Waals surface area contributed by atoms with Crippen LogP contribution in [0, 0.1) is 40.4 Å². The maximum absolute atomic E-state index is 13.7. The molecule has 7 heteroatoms. The van der Waals surface area contributed by atoms with Gasteiger partial charge >= 0.3 is 12.1 Å². The monoisotopic (exact) mass is 540 g/mol. The Hall–Kier alpha value is -1.37. The van der Waals surface area contributed by atoms with Gasteiger partial charge in [-0.05, 0) is 118 Å². The molecule has 0 heterocycles. The molecule has 0 bridgehead atoms. The summed E-state index contributed by atoms with van der Waals surface area (Å²) in [5.74, 6) is 1.07. The highest BCUT2D eigenvalue weighted by atomic mass is 19.4. The number of rotatable bonds is 8. The van der Waals surface area contributed by atoms with Crippen molar-refractivity contribution in [3.8, 4) is 0 Å². The molecule has 4 nitrogen and oxygen atoms in total. The molecule has 3 saturated carbocycles. The molecule has 3 fully saturated rings. The molecule has 4 rings (SSSR count). The number of Topliss-reactive ketones (excluding diaryl/α,β-unsaturated/α-hetero) is 1. The maximum Gasteiger partial charge on any atom is 0.425 e. The smallest absolute Gasteiger partial charge is 0.425 e. The summed E-state index contributed by atoms with van der Waals surface area (Å²) in [7, 11) is 0. The zero-order valence-electron chi connectivity index (χ0n) is 23.8. The average Bonchev–Trinajstić information content (AvgIpc) is 3.17. The van der Waals surface area contributed by atoms with Gasteiger partial charge < -0.3 is 14.6 Å². The Morgan fingerprint density at radius 3 is 2.42 bits per heavy atom. The molecule has 0 aromatic carbocycles. The summed E-state index contributed by atoms with van der Waals surface area (Å²) in [6.45, 7) is 10.1. The second-order valence-corrected chi connectivity index (χ2v) is 13.9. The standard InChI is InChI=1S/C31H47F3O4/c1-19(6-12-26(31(32,33)34)38-27(36)13-7-20(2)35)23-10-11-24-22-9-8-21-18-28(3,37)16-17-29(21,4)25(22)14-15-30(23,24)5/h8,19,22-26,37H,6-7,9-18H2,1-5H3/t19-,22+,23-,24+,25+,26-,28+,29+,30-/m1/s1. The third kappa shape index (κ3) is 5.74. The summed E-state index contributed by atoms with van der Waals surface area (Å²) in [4.78, 5) is 23.0. The molecule has 216 valence electrons. The minimum Gasteiger partial charge on any atom is -0.453 e. The molecule has 0 aromatic rings. The second kappa shape index (κ2) is 10.6. The van der Waals surface area contributed by atoms with E-state index in [2.05, 4.69) is 26.8 Å². The van der Waals surface area contributed by atoms with Gasteiger partial charge in [-0.2, -0.15) is 13.2 Å². The third-order valence-electron chi connectivity index (χ3n) is 11.3. The van der Waals surface area contributed by atoms with Gasteiger partial charge in [-0.3, -0.25) is 4.79 Å². The summed E-state index contributed by atoms with van der Waals surface area (Å²) >= 11 is 0. The van der Waals surface area contributed by atoms with Crippen molar-refractivity contribution in [3.63, 3.8) is 0 Å². The molecular weight excluding hydrogens is 493 g/mol. The Kier molecular flexibility index (Phi) is 8.22. The van der Waals surface area contributed by atoms with E-state index in [4.69, 9.17) is 4.74 Å². The van der Waals surface area contributed by atoms with Gasteiger partial charge in [-0.1, -0.05) is 32.4 Å². The third-order valence-corrected chi connectivity index (χ3v) is 11.3. The van der Waals surface area contributed by atoms with Crippen molar-refractivity contribution in [2.24, 2.45) is 40.4 Å². The molecule has 9 atom stereocenters. The fourth-order valence-corrected chi connectivity index (χ4v) is 9.18. The van der Waals surface area contributed by atoms with Crippen LogP contribution in [0.15, 0.2) is 11.6 Å². The molecule has 4 aliphatic rings. The molecule has 0 aromatic heterocycles. The van der Waals surface area contributed by atoms with Crippen molar-refractivity contribution >= 4 is 11.8 Å². The van der Waals surface area contributed by atoms with Gasteiger partial charge in [0.05, 0.1) is 12.0 Å². The highest BCUT2D eigenvalue weighted by molar-refractivity contribution is 5.81. The molecule has 1 N–H and O–H groups in total. The Morgan fingerprint density at radius 1 is 1.05 bits per heavy atom. The van der Waals surface area contributed by atoms with Crippen LogP contribution in [0.2, 0.25) is 0 Å². The fraction of sp³-hybridized carbons (Fsp3) is 0.871. The Bertz CT molecular complexity index is 940. The summed E-state index contributed by atoms with van der Waals surface area (Å²) in [6, 6.07) is 0. The molecule has 4 aliphatic carbocycles. The van der Waals surface area contributed by atoms with Crippen LogP contribution in [0.4, 0.5) is 13.2 Å². The van der Waals surface area contributed by atoms with Gasteiger partial charge in [-0.15, -0.1) is 0 Å². The van der Waals surface area contributed by atoms with Crippen molar-refractivity contribution in [1.29, 1.82) is 0 Å². The normalized spacial score (nSPS) is 40.3. The van der Waals surface area contributed by atoms with Crippen LogP contribution in [0.1, 0.15) is 112 Å². The van der Waals surface area contributed by atoms with E-state index >= 15 is 0 Å². The molecular formula is C31H47F3O4. The van der Waals surface area contributed by atoms with Gasteiger partial charge in [0.1, 0.15) is 5.78 Å². The molecule has 0 unspecified atom stereocenters. The topological polar surface area (TPSA) is 63.6 Å². The lowest BCUT2D eigenvalue weighted by Crippen LogP contribution is -2.52. The molecule has 0 aliphatic heterocycles. The predicted octanol–water partition coefficient (Wildman–Crippen LogP) is 7.58. The van der Waals surface area contributed by atoms with E-state index in [1.165, 1.54) is 12.5 Å². The Balaban J connectivity index is 1.41. The van der Waals surface area contributed by atoms with Gasteiger partial charge in [0.2, 0.25) is 0 Å². The van der Waals surface area contributed by atoms with Crippen molar-refractivity contribution in [1.82, 2.24) is 0 Å². The van der Waals surface area contributed by atoms with Gasteiger partial charge in [0.15, 0.2) is 6.10 Å². The maximum atomic E-state index is 13.7. The molecule has 38 heavy (non-hydrogen) atoms. The number of carbonyl (C=O) groups excluding carboxylic acids is 2. The van der Waals surface area contributed by atoms with E-state index in [0.717, 1.165) is 51.4 Å². The van der Waals surface area contributed by atoms with Crippen LogP contribution in [0.5, 0.6) is 0 Å². The first-order valence-corrected chi connectivity index (χ1v) is 14.7. The van der Waals surface area contributed by atoms with E-state index in [0.29, 0.717) is 30.1 Å². The predicted molar refractivity (Wildman–Crippen MR) is 140 cm³/mol. The van der Waals surface area contributed by atoms with Crippen molar-refractivity contribution in [3.05, 3.63) is 11.6 Å². The number of hydrogen-bond acceptors (Lipinski definition) is 4. The zero-order chi connectivity index (χ0) is 28.1. The van der Waals surface area contributed by atoms with Crippen LogP contribution in [-0.4, -0.2) is 34.7 Å². The quantitative estimate of drug-likeness (QED) is 0.255. The van der Waals surface area contributed by atoms with E-state index in [-0.39, 0.29) is 41.8 Å². The zero-order valence-corrected chi connectivity index (χ0v) is 23.8. The highest BCUT2D eigenvalue weighted by Gasteiger charge is 2.59. The van der Waals surface area contributed by atoms with Crippen LogP contribution in [-0.2, 0) is 14.3 Å². The van der Waals surface area contributed by atoms with E-state index in [1.807, 2.05) is 6.92 Å². The Labute approximate surface area is 226 Å². The largest absolute Gasteiger partial charge is 0.453 e. The van der Waals surface area contributed by atoms with Crippen LogP contribution >= 0.6 is 0 Å². The number of halogens is 3. The summed E-state index contributed by atoms with van der Waals surface area (Å²) in [5, 5.41) is 10.7. The first-order chi connectivity index (χ1) is 17.6. The molecule has 0 saturated heterocycles.